The summed E-state index contributed by atoms with van der Waals surface area (Å²) in [6.07, 6.45) is 0.363. The summed E-state index contributed by atoms with van der Waals surface area (Å²) < 4.78 is 60.1. The lowest BCUT2D eigenvalue weighted by molar-refractivity contribution is -0.145. The molecular weight excluding hydrogens is 482 g/mol. The van der Waals surface area contributed by atoms with Gasteiger partial charge in [0.1, 0.15) is 29.3 Å². The Labute approximate surface area is 201 Å². The van der Waals surface area contributed by atoms with Crippen molar-refractivity contribution in [2.75, 3.05) is 18.2 Å². The number of hydrogen-bond acceptors (Lipinski definition) is 9. The zero-order chi connectivity index (χ0) is 26.0. The number of para-hydroxylation sites is 1. The molecule has 0 spiro atoms. The van der Waals surface area contributed by atoms with Crippen LogP contribution >= 0.6 is 0 Å². The van der Waals surface area contributed by atoms with Gasteiger partial charge in [0.25, 0.3) is 0 Å². The molecule has 186 valence electrons. The highest BCUT2D eigenvalue weighted by atomic mass is 19.4. The van der Waals surface area contributed by atoms with Gasteiger partial charge in [-0.15, -0.1) is 0 Å². The van der Waals surface area contributed by atoms with Crippen molar-refractivity contribution in [2.45, 2.75) is 19.1 Å². The van der Waals surface area contributed by atoms with Gasteiger partial charge in [-0.2, -0.15) is 23.3 Å². The van der Waals surface area contributed by atoms with E-state index in [0.29, 0.717) is 16.6 Å². The highest BCUT2D eigenvalue weighted by Gasteiger charge is 2.36. The molecule has 1 aromatic carbocycles. The summed E-state index contributed by atoms with van der Waals surface area (Å²) in [5, 5.41) is 6.65. The number of allylic oxidation sites excluding steroid dienone is 1. The number of nitrogens with one attached hydrogen (secondary N) is 2. The molecule has 36 heavy (non-hydrogen) atoms. The van der Waals surface area contributed by atoms with Gasteiger partial charge in [-0.1, -0.05) is 12.1 Å². The maximum Gasteiger partial charge on any atom is 0.451 e. The minimum Gasteiger partial charge on any atom is -0.480 e. The molecule has 0 aliphatic heterocycles. The first kappa shape index (κ1) is 24.5. The van der Waals surface area contributed by atoms with E-state index in [1.54, 1.807) is 29.8 Å². The van der Waals surface area contributed by atoms with Crippen molar-refractivity contribution in [3.8, 4) is 17.0 Å². The Kier molecular flexibility index (Phi) is 6.51. The Balaban J connectivity index is 1.83. The first-order chi connectivity index (χ1) is 17.2. The lowest BCUT2D eigenvalue weighted by atomic mass is 10.1. The molecule has 14 heteroatoms. The van der Waals surface area contributed by atoms with Crippen LogP contribution in [0.4, 0.5) is 29.1 Å². The average molecular weight is 501 g/mol. The van der Waals surface area contributed by atoms with Gasteiger partial charge < -0.3 is 20.4 Å². The third-order valence-electron chi connectivity index (χ3n) is 5.35. The SMILES string of the molecule is COc1nc(C(F)(F)F)ncc1-c1cn(C(C)/C(=C/Nc2ccccc2F)N=N)c2ncnc(N)c12. The van der Waals surface area contributed by atoms with Crippen LogP contribution in [-0.4, -0.2) is 31.6 Å². The molecule has 3 heterocycles. The topological polar surface area (TPSA) is 140 Å². The Morgan fingerprint density at radius 2 is 1.97 bits per heavy atom. The van der Waals surface area contributed by atoms with Crippen molar-refractivity contribution in [3.05, 3.63) is 66.5 Å². The van der Waals surface area contributed by atoms with Crippen LogP contribution in [0.2, 0.25) is 0 Å². The largest absolute Gasteiger partial charge is 0.480 e. The zero-order valence-corrected chi connectivity index (χ0v) is 18.9. The summed E-state index contributed by atoms with van der Waals surface area (Å²) in [7, 11) is 1.18. The molecule has 3 aromatic heterocycles. The van der Waals surface area contributed by atoms with E-state index in [1.807, 2.05) is 0 Å². The number of nitrogen functional groups attached to an aromatic ring is 1. The third kappa shape index (κ3) is 4.52. The number of ether oxygens (including phenoxy) is 1. The van der Waals surface area contributed by atoms with Crippen LogP contribution in [-0.2, 0) is 6.18 Å². The normalized spacial score (nSPS) is 13.0. The van der Waals surface area contributed by atoms with Crippen LogP contribution in [0.1, 0.15) is 18.8 Å². The van der Waals surface area contributed by atoms with Crippen LogP contribution in [0.15, 0.2) is 60.0 Å². The van der Waals surface area contributed by atoms with Crippen molar-refractivity contribution in [3.63, 3.8) is 0 Å². The third-order valence-corrected chi connectivity index (χ3v) is 5.35. The van der Waals surface area contributed by atoms with Gasteiger partial charge in [-0.25, -0.2) is 24.9 Å². The van der Waals surface area contributed by atoms with Crippen molar-refractivity contribution in [2.24, 2.45) is 5.11 Å². The molecule has 4 aromatic rings. The molecule has 0 saturated heterocycles. The van der Waals surface area contributed by atoms with Crippen molar-refractivity contribution in [1.82, 2.24) is 24.5 Å². The molecule has 1 atom stereocenters. The number of rotatable bonds is 7. The molecule has 0 fully saturated rings. The Bertz CT molecular complexity index is 1470. The van der Waals surface area contributed by atoms with Crippen LogP contribution in [0.3, 0.4) is 0 Å². The highest BCUT2D eigenvalue weighted by Crippen LogP contribution is 2.40. The van der Waals surface area contributed by atoms with E-state index >= 15 is 0 Å². The quantitative estimate of drug-likeness (QED) is 0.234. The number of hydrogen-bond donors (Lipinski definition) is 3. The number of nitrogens with zero attached hydrogens (tertiary/aromatic N) is 6. The lowest BCUT2D eigenvalue weighted by Crippen LogP contribution is -2.12. The minimum absolute atomic E-state index is 0.0562. The molecule has 0 aliphatic carbocycles. The molecule has 0 radical (unpaired) electrons. The standard InChI is InChI=1S/C22H19F4N9O/c1-11(16(34-28)8-29-15-6-4-3-5-14(15)23)35-9-13(17-18(27)31-10-32-19(17)35)12-7-30-21(22(24,25)26)33-20(12)36-2/h3-11,28-29H,1-2H3,(H2,27,31,32)/b16-8-,34-28?. The average Bonchev–Trinajstić information content (AvgIpc) is 3.25. The number of aromatic nitrogens is 5. The van der Waals surface area contributed by atoms with Gasteiger partial charge in [-0.05, 0) is 19.1 Å². The summed E-state index contributed by atoms with van der Waals surface area (Å²) >= 11 is 0. The van der Waals surface area contributed by atoms with E-state index in [1.165, 1.54) is 31.8 Å². The summed E-state index contributed by atoms with van der Waals surface area (Å²) in [6, 6.07) is 5.34. The van der Waals surface area contributed by atoms with E-state index in [2.05, 4.69) is 30.4 Å². The number of fused-ring (bicyclic) bond motifs is 1. The Hall–Kier alpha value is -4.62. The van der Waals surface area contributed by atoms with Gasteiger partial charge >= 0.3 is 6.18 Å². The fourth-order valence-electron chi connectivity index (χ4n) is 3.57. The molecule has 1 unspecified atom stereocenters. The summed E-state index contributed by atoms with van der Waals surface area (Å²) in [6.45, 7) is 1.70. The summed E-state index contributed by atoms with van der Waals surface area (Å²) in [4.78, 5) is 15.2. The molecule has 10 nitrogen and oxygen atoms in total. The molecule has 0 saturated carbocycles. The van der Waals surface area contributed by atoms with Crippen molar-refractivity contribution in [1.29, 1.82) is 5.53 Å². The van der Waals surface area contributed by atoms with E-state index in [-0.39, 0.29) is 28.6 Å². The lowest BCUT2D eigenvalue weighted by Gasteiger charge is -2.15. The van der Waals surface area contributed by atoms with Crippen LogP contribution < -0.4 is 15.8 Å². The molecule has 4 N–H and O–H groups in total. The van der Waals surface area contributed by atoms with E-state index < -0.39 is 23.9 Å². The number of benzene rings is 1. The molecule has 0 aliphatic rings. The monoisotopic (exact) mass is 501 g/mol. The number of nitrogens with two attached hydrogens (primary N) is 1. The summed E-state index contributed by atoms with van der Waals surface area (Å²) in [5.74, 6) is -2.12. The second-order valence-corrected chi connectivity index (χ2v) is 7.50. The van der Waals surface area contributed by atoms with Crippen LogP contribution in [0.5, 0.6) is 5.88 Å². The second-order valence-electron chi connectivity index (χ2n) is 7.50. The predicted octanol–water partition coefficient (Wildman–Crippen LogP) is 5.18. The van der Waals surface area contributed by atoms with Gasteiger partial charge in [0.15, 0.2) is 0 Å². The number of anilines is 2. The van der Waals surface area contributed by atoms with Gasteiger partial charge in [0, 0.05) is 24.2 Å². The first-order valence-electron chi connectivity index (χ1n) is 10.3. The maximum atomic E-state index is 14.0. The molecule has 4 rings (SSSR count). The molecule has 0 amide bonds. The van der Waals surface area contributed by atoms with Crippen LogP contribution in [0.25, 0.3) is 22.2 Å². The molecular formula is C22H19F4N9O. The van der Waals surface area contributed by atoms with Crippen LogP contribution in [0, 0.1) is 11.3 Å². The first-order valence-corrected chi connectivity index (χ1v) is 10.3. The van der Waals surface area contributed by atoms with Gasteiger partial charge in [-0.3, -0.25) is 0 Å². The summed E-state index contributed by atoms with van der Waals surface area (Å²) in [5.41, 5.74) is 14.9. The maximum absolute atomic E-state index is 14.0. The van der Waals surface area contributed by atoms with E-state index in [0.717, 1.165) is 6.20 Å². The predicted molar refractivity (Wildman–Crippen MR) is 122 cm³/mol. The van der Waals surface area contributed by atoms with E-state index in [4.69, 9.17) is 16.0 Å². The minimum atomic E-state index is -4.77. The van der Waals surface area contributed by atoms with Crippen molar-refractivity contribution >= 4 is 22.5 Å². The van der Waals surface area contributed by atoms with Gasteiger partial charge in [0.05, 0.1) is 29.8 Å². The smallest absolute Gasteiger partial charge is 0.451 e. The Morgan fingerprint density at radius 1 is 1.22 bits per heavy atom. The second kappa shape index (κ2) is 9.56. The number of halogens is 4. The number of methoxy groups -OCH3 is 1. The zero-order valence-electron chi connectivity index (χ0n) is 18.9. The van der Waals surface area contributed by atoms with Gasteiger partial charge in [0.2, 0.25) is 11.7 Å². The fourth-order valence-corrected chi connectivity index (χ4v) is 3.57. The highest BCUT2D eigenvalue weighted by molar-refractivity contribution is 6.01. The number of alkyl halides is 3. The van der Waals surface area contributed by atoms with E-state index in [9.17, 15) is 17.6 Å². The Morgan fingerprint density at radius 3 is 2.64 bits per heavy atom. The van der Waals surface area contributed by atoms with Crippen molar-refractivity contribution < 1.29 is 22.3 Å². The fraction of sp³-hybridized carbons (Fsp3) is 0.182. The molecule has 0 bridgehead atoms.